The smallest absolute Gasteiger partial charge is 0.231 e. The summed E-state index contributed by atoms with van der Waals surface area (Å²) in [4.78, 5) is 17.6. The van der Waals surface area contributed by atoms with Gasteiger partial charge in [-0.2, -0.15) is 0 Å². The molecule has 7 heteroatoms. The van der Waals surface area contributed by atoms with Gasteiger partial charge in [0, 0.05) is 37.7 Å². The van der Waals surface area contributed by atoms with Crippen molar-refractivity contribution in [1.29, 1.82) is 0 Å². The first-order chi connectivity index (χ1) is 14.6. The number of carbonyl (C=O) groups is 1. The molecule has 1 amide bonds. The molecular weight excluding hydrogens is 448 g/mol. The first-order valence-corrected chi connectivity index (χ1v) is 11.1. The van der Waals surface area contributed by atoms with Crippen LogP contribution in [0.15, 0.2) is 28.7 Å². The highest BCUT2D eigenvalue weighted by atomic mass is 79.9. The summed E-state index contributed by atoms with van der Waals surface area (Å²) in [5.41, 5.74) is 4.78. The van der Waals surface area contributed by atoms with Crippen molar-refractivity contribution in [2.45, 2.75) is 31.8 Å². The summed E-state index contributed by atoms with van der Waals surface area (Å²) < 4.78 is 18.1. The number of ether oxygens (including phenoxy) is 3. The van der Waals surface area contributed by atoms with Crippen LogP contribution >= 0.6 is 15.9 Å². The molecule has 30 heavy (non-hydrogen) atoms. The van der Waals surface area contributed by atoms with E-state index >= 15 is 0 Å². The maximum Gasteiger partial charge on any atom is 0.231 e. The van der Waals surface area contributed by atoms with Crippen LogP contribution in [0.3, 0.4) is 0 Å². The van der Waals surface area contributed by atoms with Gasteiger partial charge in [-0.05, 0) is 52.5 Å². The summed E-state index contributed by atoms with van der Waals surface area (Å²) in [7, 11) is 3.73. The number of fused-ring (bicyclic) bond motifs is 3. The zero-order chi connectivity index (χ0) is 20.8. The van der Waals surface area contributed by atoms with E-state index in [-0.39, 0.29) is 18.7 Å². The van der Waals surface area contributed by atoms with Gasteiger partial charge in [-0.15, -0.1) is 0 Å². The maximum absolute atomic E-state index is 13.3. The van der Waals surface area contributed by atoms with Crippen LogP contribution in [0.2, 0.25) is 0 Å². The van der Waals surface area contributed by atoms with Crippen molar-refractivity contribution < 1.29 is 19.0 Å². The van der Waals surface area contributed by atoms with Crippen LogP contribution in [0.4, 0.5) is 0 Å². The molecule has 0 radical (unpaired) electrons. The molecule has 0 aliphatic carbocycles. The maximum atomic E-state index is 13.3. The van der Waals surface area contributed by atoms with Gasteiger partial charge in [-0.3, -0.25) is 9.69 Å². The minimum absolute atomic E-state index is 0.0702. The number of likely N-dealkylation sites (N-methyl/N-ethyl adjacent to an activating group) is 1. The van der Waals surface area contributed by atoms with Crippen molar-refractivity contribution in [3.8, 4) is 17.2 Å². The number of methoxy groups -OCH3 is 1. The van der Waals surface area contributed by atoms with Gasteiger partial charge in [0.2, 0.25) is 18.4 Å². The zero-order valence-electron chi connectivity index (χ0n) is 17.2. The highest BCUT2D eigenvalue weighted by Gasteiger charge is 2.38. The van der Waals surface area contributed by atoms with Crippen molar-refractivity contribution in [2.75, 3.05) is 34.0 Å². The zero-order valence-corrected chi connectivity index (χ0v) is 18.8. The molecule has 3 aliphatic rings. The molecule has 0 spiro atoms. The van der Waals surface area contributed by atoms with Crippen LogP contribution in [0.5, 0.6) is 17.2 Å². The minimum atomic E-state index is -0.0702. The largest absolute Gasteiger partial charge is 0.492 e. The second-order valence-electron chi connectivity index (χ2n) is 8.09. The molecule has 6 nitrogen and oxygen atoms in total. The number of carbonyl (C=O) groups excluding carboxylic acids is 1. The van der Waals surface area contributed by atoms with E-state index in [1.165, 1.54) is 11.1 Å². The van der Waals surface area contributed by atoms with Crippen LogP contribution in [0, 0.1) is 0 Å². The van der Waals surface area contributed by atoms with E-state index in [1.807, 2.05) is 11.0 Å². The Morgan fingerprint density at radius 3 is 2.73 bits per heavy atom. The van der Waals surface area contributed by atoms with E-state index in [9.17, 15) is 4.79 Å². The first-order valence-electron chi connectivity index (χ1n) is 10.3. The second kappa shape index (κ2) is 7.78. The highest BCUT2D eigenvalue weighted by Crippen LogP contribution is 2.54. The van der Waals surface area contributed by atoms with Gasteiger partial charge < -0.3 is 19.1 Å². The van der Waals surface area contributed by atoms with E-state index in [1.54, 1.807) is 7.11 Å². The van der Waals surface area contributed by atoms with Crippen LogP contribution in [0.1, 0.15) is 34.7 Å². The predicted molar refractivity (Wildman–Crippen MR) is 116 cm³/mol. The molecule has 0 bridgehead atoms. The lowest BCUT2D eigenvalue weighted by atomic mass is 9.88. The Bertz CT molecular complexity index is 1010. The van der Waals surface area contributed by atoms with Gasteiger partial charge in [0.1, 0.15) is 0 Å². The Morgan fingerprint density at radius 2 is 1.93 bits per heavy atom. The molecule has 0 saturated carbocycles. The number of rotatable bonds is 3. The Morgan fingerprint density at radius 1 is 1.17 bits per heavy atom. The molecule has 3 aliphatic heterocycles. The fourth-order valence-electron chi connectivity index (χ4n) is 4.85. The SMILES string of the molecule is COc1c2c(c(Br)c3c1C(CC(=O)N1CCc4ccccc4C1)N(C)CC3)OCO2. The van der Waals surface area contributed by atoms with Crippen molar-refractivity contribution in [3.05, 3.63) is 51.0 Å². The van der Waals surface area contributed by atoms with E-state index in [4.69, 9.17) is 14.2 Å². The van der Waals surface area contributed by atoms with Gasteiger partial charge in [0.15, 0.2) is 11.5 Å². The summed E-state index contributed by atoms with van der Waals surface area (Å²) in [6, 6.07) is 8.33. The number of benzene rings is 2. The normalized spacial score (nSPS) is 20.0. The molecule has 0 fully saturated rings. The Labute approximate surface area is 184 Å². The number of hydrogen-bond acceptors (Lipinski definition) is 5. The van der Waals surface area contributed by atoms with E-state index in [0.717, 1.165) is 41.5 Å². The molecule has 0 N–H and O–H groups in total. The van der Waals surface area contributed by atoms with Crippen molar-refractivity contribution in [2.24, 2.45) is 0 Å². The number of hydrogen-bond donors (Lipinski definition) is 0. The van der Waals surface area contributed by atoms with Gasteiger partial charge in [-0.1, -0.05) is 24.3 Å². The molecule has 158 valence electrons. The lowest BCUT2D eigenvalue weighted by Gasteiger charge is -2.37. The van der Waals surface area contributed by atoms with Gasteiger partial charge >= 0.3 is 0 Å². The topological polar surface area (TPSA) is 51.2 Å². The lowest BCUT2D eigenvalue weighted by Crippen LogP contribution is -2.40. The third-order valence-electron chi connectivity index (χ3n) is 6.49. The van der Waals surface area contributed by atoms with E-state index < -0.39 is 0 Å². The molecule has 2 aromatic rings. The Kier molecular flexibility index (Phi) is 5.11. The first kappa shape index (κ1) is 19.7. The highest BCUT2D eigenvalue weighted by molar-refractivity contribution is 9.10. The molecule has 5 rings (SSSR count). The minimum Gasteiger partial charge on any atom is -0.492 e. The summed E-state index contributed by atoms with van der Waals surface area (Å²) in [6.07, 6.45) is 2.18. The molecule has 2 aromatic carbocycles. The summed E-state index contributed by atoms with van der Waals surface area (Å²) in [5, 5.41) is 0. The van der Waals surface area contributed by atoms with E-state index in [0.29, 0.717) is 30.2 Å². The second-order valence-corrected chi connectivity index (χ2v) is 8.88. The molecule has 1 unspecified atom stereocenters. The van der Waals surface area contributed by atoms with Crippen molar-refractivity contribution in [1.82, 2.24) is 9.80 Å². The third kappa shape index (κ3) is 3.15. The number of amides is 1. The third-order valence-corrected chi connectivity index (χ3v) is 7.33. The van der Waals surface area contributed by atoms with Crippen molar-refractivity contribution in [3.63, 3.8) is 0 Å². The Hall–Kier alpha value is -2.25. The summed E-state index contributed by atoms with van der Waals surface area (Å²) in [5.74, 6) is 2.19. The van der Waals surface area contributed by atoms with E-state index in [2.05, 4.69) is 46.1 Å². The average Bonchev–Trinajstić information content (AvgIpc) is 3.26. The summed E-state index contributed by atoms with van der Waals surface area (Å²) >= 11 is 3.72. The van der Waals surface area contributed by atoms with Crippen LogP contribution < -0.4 is 14.2 Å². The fourth-order valence-corrected chi connectivity index (χ4v) is 5.56. The molecule has 0 aromatic heterocycles. The molecule has 1 atom stereocenters. The van der Waals surface area contributed by atoms with Gasteiger partial charge in [0.25, 0.3) is 0 Å². The standard InChI is InChI=1S/C23H25BrN2O4/c1-25-9-8-16-19(21(28-2)23-22(20(16)24)29-13-30-23)17(25)11-18(27)26-10-7-14-5-3-4-6-15(14)12-26/h3-6,17H,7-13H2,1-2H3. The van der Waals surface area contributed by atoms with Crippen LogP contribution in [-0.2, 0) is 24.2 Å². The molecule has 3 heterocycles. The van der Waals surface area contributed by atoms with Crippen LogP contribution in [0.25, 0.3) is 0 Å². The molecule has 0 saturated heterocycles. The number of halogens is 1. The summed E-state index contributed by atoms with van der Waals surface area (Å²) in [6.45, 7) is 2.50. The van der Waals surface area contributed by atoms with Gasteiger partial charge in [-0.25, -0.2) is 0 Å². The average molecular weight is 473 g/mol. The predicted octanol–water partition coefficient (Wildman–Crippen LogP) is 3.69. The van der Waals surface area contributed by atoms with Crippen molar-refractivity contribution >= 4 is 21.8 Å². The fraction of sp³-hybridized carbons (Fsp3) is 0.435. The lowest BCUT2D eigenvalue weighted by molar-refractivity contribution is -0.133. The van der Waals surface area contributed by atoms with Gasteiger partial charge in [0.05, 0.1) is 11.6 Å². The van der Waals surface area contributed by atoms with Crippen LogP contribution in [-0.4, -0.2) is 49.7 Å². The Balaban J connectivity index is 1.46. The number of nitrogens with zero attached hydrogens (tertiary/aromatic N) is 2. The monoisotopic (exact) mass is 472 g/mol. The molecular formula is C23H25BrN2O4. The quantitative estimate of drug-likeness (QED) is 0.681.